The minimum Gasteiger partial charge on any atom is -0.481 e. The van der Waals surface area contributed by atoms with Crippen LogP contribution in [0.5, 0.6) is 0 Å². The fraction of sp³-hybridized carbons (Fsp3) is 0.536. The van der Waals surface area contributed by atoms with Crippen LogP contribution in [0, 0.1) is 5.41 Å². The summed E-state index contributed by atoms with van der Waals surface area (Å²) >= 11 is 0. The minimum atomic E-state index is -1.21. The maximum absolute atomic E-state index is 13.5. The molecule has 220 valence electrons. The highest BCUT2D eigenvalue weighted by atomic mass is 32.3. The van der Waals surface area contributed by atoms with Crippen molar-refractivity contribution in [3.8, 4) is 0 Å². The topological polar surface area (TPSA) is 175 Å². The van der Waals surface area contributed by atoms with E-state index in [-0.39, 0.29) is 37.7 Å². The summed E-state index contributed by atoms with van der Waals surface area (Å²) in [5.41, 5.74) is 6.88. The van der Waals surface area contributed by atoms with Crippen molar-refractivity contribution in [3.63, 3.8) is 0 Å². The Balaban J connectivity index is 1.72. The molecule has 6 N–H and O–H groups in total. The molecule has 1 saturated carbocycles. The molecule has 1 heterocycles. The second-order valence-corrected chi connectivity index (χ2v) is 16.0. The Labute approximate surface area is 236 Å². The van der Waals surface area contributed by atoms with E-state index in [1.54, 1.807) is 38.1 Å². The van der Waals surface area contributed by atoms with Crippen LogP contribution >= 0.6 is 10.0 Å². The van der Waals surface area contributed by atoms with E-state index in [1.165, 1.54) is 4.90 Å². The van der Waals surface area contributed by atoms with E-state index in [0.29, 0.717) is 16.8 Å². The Kier molecular flexibility index (Phi) is 9.23. The molecule has 0 spiro atoms. The van der Waals surface area contributed by atoms with E-state index in [2.05, 4.69) is 29.4 Å². The molecule has 0 aromatic heterocycles. The number of carbonyl (C=O) groups excluding carboxylic acids is 3. The number of urea groups is 1. The number of rotatable bonds is 10. The molecule has 1 aromatic rings. The van der Waals surface area contributed by atoms with Gasteiger partial charge in [0.05, 0.1) is 35.7 Å². The Morgan fingerprint density at radius 1 is 1.12 bits per heavy atom. The van der Waals surface area contributed by atoms with Crippen LogP contribution in [0.15, 0.2) is 41.6 Å². The summed E-state index contributed by atoms with van der Waals surface area (Å²) in [5, 5.41) is 23.2. The number of amidine groups is 1. The molecule has 3 rings (SSSR count). The summed E-state index contributed by atoms with van der Waals surface area (Å²) in [5.74, 6) is -2.06. The zero-order valence-electron chi connectivity index (χ0n) is 23.8. The smallest absolute Gasteiger partial charge is 0.319 e. The number of ether oxygens (including phenoxy) is 1. The molecule has 0 bridgehead atoms. The average Bonchev–Trinajstić information content (AvgIpc) is 3.08. The maximum atomic E-state index is 13.5. The van der Waals surface area contributed by atoms with Crippen molar-refractivity contribution in [1.82, 2.24) is 15.5 Å². The highest BCUT2D eigenvalue weighted by molar-refractivity contribution is 8.33. The van der Waals surface area contributed by atoms with E-state index in [4.69, 9.17) is 21.0 Å². The molecule has 3 amide bonds. The van der Waals surface area contributed by atoms with E-state index in [9.17, 15) is 19.2 Å². The number of carboxylic acid groups (broad SMARTS) is 1. The van der Waals surface area contributed by atoms with Gasteiger partial charge in [-0.3, -0.25) is 19.8 Å². The van der Waals surface area contributed by atoms with Crippen LogP contribution < -0.4 is 16.4 Å². The zero-order valence-corrected chi connectivity index (χ0v) is 24.7. The van der Waals surface area contributed by atoms with Crippen molar-refractivity contribution in [2.75, 3.05) is 31.9 Å². The van der Waals surface area contributed by atoms with Gasteiger partial charge < -0.3 is 31.1 Å². The lowest BCUT2D eigenvalue weighted by Crippen LogP contribution is -2.55. The molecule has 0 saturated heterocycles. The van der Waals surface area contributed by atoms with Gasteiger partial charge in [0.2, 0.25) is 5.91 Å². The van der Waals surface area contributed by atoms with E-state index in [1.807, 2.05) is 6.07 Å². The number of nitrogens with two attached hydrogens (primary N) is 1. The summed E-state index contributed by atoms with van der Waals surface area (Å²) in [6.45, 7) is 3.35. The molecule has 1 aliphatic heterocycles. The van der Waals surface area contributed by atoms with Crippen molar-refractivity contribution in [2.45, 2.75) is 62.3 Å². The lowest BCUT2D eigenvalue weighted by atomic mass is 9.83. The highest BCUT2D eigenvalue weighted by Gasteiger charge is 2.51. The lowest BCUT2D eigenvalue weighted by molar-refractivity contribution is -0.148. The summed E-state index contributed by atoms with van der Waals surface area (Å²) in [6, 6.07) is 7.75. The van der Waals surface area contributed by atoms with Gasteiger partial charge in [-0.15, -0.1) is 0 Å². The number of aliphatic carboxylic acids is 1. The van der Waals surface area contributed by atoms with Gasteiger partial charge in [-0.1, -0.05) is 30.3 Å². The zero-order chi connectivity index (χ0) is 29.9. The fourth-order valence-corrected chi connectivity index (χ4v) is 7.12. The van der Waals surface area contributed by atoms with Gasteiger partial charge in [-0.05, 0) is 57.4 Å². The van der Waals surface area contributed by atoms with Gasteiger partial charge in [-0.2, -0.15) is 0 Å². The summed E-state index contributed by atoms with van der Waals surface area (Å²) < 4.78 is 4.81. The van der Waals surface area contributed by atoms with Crippen molar-refractivity contribution < 1.29 is 29.0 Å². The molecule has 1 atom stereocenters. The van der Waals surface area contributed by atoms with Gasteiger partial charge in [0.15, 0.2) is 0 Å². The van der Waals surface area contributed by atoms with E-state index >= 15 is 0 Å². The number of carboxylic acids is 1. The molecular weight excluding hydrogens is 534 g/mol. The SMILES string of the molecule is CC1(C)C(N)=C(C(=N)NC(=O)C2(S(C)(C)C)CCC2)CN1C(=O)NC(COC(=O)CCC(=O)O)c1ccccc1. The first-order valence-electron chi connectivity index (χ1n) is 13.2. The lowest BCUT2D eigenvalue weighted by Gasteiger charge is -2.53. The second kappa shape index (κ2) is 11.9. The molecule has 1 unspecified atom stereocenters. The molecule has 1 aromatic carbocycles. The highest BCUT2D eigenvalue weighted by Crippen LogP contribution is 2.60. The van der Waals surface area contributed by atoms with Gasteiger partial charge >= 0.3 is 18.0 Å². The van der Waals surface area contributed by atoms with Crippen molar-refractivity contribution in [3.05, 3.63) is 47.2 Å². The molecule has 2 aliphatic rings. The van der Waals surface area contributed by atoms with E-state index in [0.717, 1.165) is 19.3 Å². The monoisotopic (exact) mass is 575 g/mol. The van der Waals surface area contributed by atoms with Gasteiger partial charge in [0.25, 0.3) is 0 Å². The second-order valence-electron chi connectivity index (χ2n) is 11.5. The third kappa shape index (κ3) is 6.43. The molecule has 40 heavy (non-hydrogen) atoms. The van der Waals surface area contributed by atoms with Crippen molar-refractivity contribution in [1.29, 1.82) is 5.41 Å². The van der Waals surface area contributed by atoms with Crippen LogP contribution in [0.2, 0.25) is 0 Å². The fourth-order valence-electron chi connectivity index (χ4n) is 5.00. The Morgan fingerprint density at radius 3 is 2.27 bits per heavy atom. The van der Waals surface area contributed by atoms with Crippen LogP contribution in [0.3, 0.4) is 0 Å². The first kappa shape index (κ1) is 31.0. The predicted molar refractivity (Wildman–Crippen MR) is 155 cm³/mol. The summed E-state index contributed by atoms with van der Waals surface area (Å²) in [4.78, 5) is 51.1. The number of esters is 1. The molecule has 12 heteroatoms. The van der Waals surface area contributed by atoms with E-state index < -0.39 is 44.3 Å². The summed E-state index contributed by atoms with van der Waals surface area (Å²) in [6.07, 6.45) is 8.27. The molecule has 0 radical (unpaired) electrons. The Morgan fingerprint density at radius 2 is 1.75 bits per heavy atom. The number of carbonyl (C=O) groups is 4. The van der Waals surface area contributed by atoms with Crippen LogP contribution in [-0.4, -0.2) is 81.9 Å². The Bertz CT molecular complexity index is 1200. The van der Waals surface area contributed by atoms with Gasteiger partial charge in [0, 0.05) is 11.3 Å². The number of nitrogens with zero attached hydrogens (tertiary/aromatic N) is 1. The number of hydrogen-bond donors (Lipinski definition) is 5. The standard InChI is InChI=1S/C28H41N5O6S/c1-27(2)23(29)19(24(30)32-25(37)28(14-9-15-28)40(3,4)5)16-33(27)26(38)31-20(18-10-7-6-8-11-18)17-39-22(36)13-12-21(34)35/h6-8,10-11,20H,9,12-17,29H2,1-5H3,(H,31,38)(H,34,35)(H2,30,32,37). The van der Waals surface area contributed by atoms with Crippen LogP contribution in [0.25, 0.3) is 0 Å². The molecule has 1 fully saturated rings. The van der Waals surface area contributed by atoms with Crippen molar-refractivity contribution in [2.24, 2.45) is 5.73 Å². The third-order valence-corrected chi connectivity index (χ3v) is 10.9. The van der Waals surface area contributed by atoms with Crippen molar-refractivity contribution >= 4 is 39.7 Å². The van der Waals surface area contributed by atoms with Crippen LogP contribution in [0.4, 0.5) is 4.79 Å². The quantitative estimate of drug-likeness (QED) is 0.162. The molecular formula is C28H41N5O6S. The molecule has 11 nitrogen and oxygen atoms in total. The average molecular weight is 576 g/mol. The number of amides is 3. The van der Waals surface area contributed by atoms with Gasteiger partial charge in [0.1, 0.15) is 12.4 Å². The minimum absolute atomic E-state index is 0.0130. The first-order valence-corrected chi connectivity index (χ1v) is 16.0. The maximum Gasteiger partial charge on any atom is 0.319 e. The predicted octanol–water partition coefficient (Wildman–Crippen LogP) is 2.86. The summed E-state index contributed by atoms with van der Waals surface area (Å²) in [7, 11) is -1.21. The van der Waals surface area contributed by atoms with Gasteiger partial charge in [-0.25, -0.2) is 14.8 Å². The van der Waals surface area contributed by atoms with Crippen LogP contribution in [0.1, 0.15) is 57.6 Å². The molecule has 1 aliphatic carbocycles. The first-order chi connectivity index (χ1) is 18.6. The number of benzene rings is 1. The Hall–Kier alpha value is -3.54. The van der Waals surface area contributed by atoms with Crippen LogP contribution in [-0.2, 0) is 19.1 Å². The number of nitrogens with one attached hydrogen (secondary N) is 3. The normalized spacial score (nSPS) is 18.8. The largest absolute Gasteiger partial charge is 0.481 e. The number of hydrogen-bond acceptors (Lipinski definition) is 7. The third-order valence-electron chi connectivity index (χ3n) is 7.96.